The Kier molecular flexibility index (Phi) is 2.51. The molecule has 0 bridgehead atoms. The third-order valence-corrected chi connectivity index (χ3v) is 2.18. The zero-order valence-electron chi connectivity index (χ0n) is 7.92. The standard InChI is InChI=1S/C9H11NO5/c11-7-1-2-8(12)10(7)9(13)15-6-3-4-14-5-6/h1-2,6,11-12H,3-5H2/t6-/m0/s1. The number of hydrogen-bond donors (Lipinski definition) is 2. The van der Waals surface area contributed by atoms with Gasteiger partial charge in [-0.2, -0.15) is 4.57 Å². The molecule has 2 heterocycles. The predicted octanol–water partition coefficient (Wildman–Crippen LogP) is 0.673. The Balaban J connectivity index is 2.07. The lowest BCUT2D eigenvalue weighted by atomic mass is 10.3. The Hall–Kier alpha value is -1.69. The first-order chi connectivity index (χ1) is 7.18. The Morgan fingerprint density at radius 2 is 2.13 bits per heavy atom. The van der Waals surface area contributed by atoms with Gasteiger partial charge in [-0.1, -0.05) is 0 Å². The van der Waals surface area contributed by atoms with Crippen LogP contribution >= 0.6 is 0 Å². The summed E-state index contributed by atoms with van der Waals surface area (Å²) in [6, 6.07) is 2.42. The van der Waals surface area contributed by atoms with Gasteiger partial charge < -0.3 is 19.7 Å². The second kappa shape index (κ2) is 3.82. The average molecular weight is 213 g/mol. The average Bonchev–Trinajstić information content (AvgIpc) is 2.77. The SMILES string of the molecule is O=C(O[C@H]1CCOC1)n1c(O)ccc1O. The first-order valence-electron chi connectivity index (χ1n) is 4.57. The fourth-order valence-electron chi connectivity index (χ4n) is 1.40. The summed E-state index contributed by atoms with van der Waals surface area (Å²) in [4.78, 5) is 11.5. The van der Waals surface area contributed by atoms with Crippen LogP contribution in [0.25, 0.3) is 0 Å². The van der Waals surface area contributed by atoms with Gasteiger partial charge in [0.25, 0.3) is 0 Å². The summed E-state index contributed by atoms with van der Waals surface area (Å²) >= 11 is 0. The molecule has 6 nitrogen and oxygen atoms in total. The highest BCUT2D eigenvalue weighted by Gasteiger charge is 2.23. The molecule has 1 aliphatic heterocycles. The molecule has 15 heavy (non-hydrogen) atoms. The topological polar surface area (TPSA) is 80.9 Å². The lowest BCUT2D eigenvalue weighted by Crippen LogP contribution is -2.21. The molecule has 0 aromatic carbocycles. The van der Waals surface area contributed by atoms with E-state index in [9.17, 15) is 15.0 Å². The first-order valence-corrected chi connectivity index (χ1v) is 4.57. The van der Waals surface area contributed by atoms with Crippen molar-refractivity contribution in [3.05, 3.63) is 12.1 Å². The van der Waals surface area contributed by atoms with E-state index in [1.54, 1.807) is 0 Å². The fourth-order valence-corrected chi connectivity index (χ4v) is 1.40. The summed E-state index contributed by atoms with van der Waals surface area (Å²) < 4.78 is 10.7. The number of carbonyl (C=O) groups is 1. The molecular formula is C9H11NO5. The van der Waals surface area contributed by atoms with Gasteiger partial charge in [-0.15, -0.1) is 0 Å². The van der Waals surface area contributed by atoms with Crippen molar-refractivity contribution in [2.24, 2.45) is 0 Å². The van der Waals surface area contributed by atoms with Crippen LogP contribution in [-0.4, -0.2) is 40.2 Å². The Bertz CT molecular complexity index is 347. The van der Waals surface area contributed by atoms with Crippen LogP contribution in [0.15, 0.2) is 12.1 Å². The smallest absolute Gasteiger partial charge is 0.424 e. The zero-order chi connectivity index (χ0) is 10.8. The van der Waals surface area contributed by atoms with Crippen molar-refractivity contribution >= 4 is 6.09 Å². The second-order valence-corrected chi connectivity index (χ2v) is 3.25. The van der Waals surface area contributed by atoms with Crippen molar-refractivity contribution in [1.82, 2.24) is 4.57 Å². The highest BCUT2D eigenvalue weighted by Crippen LogP contribution is 2.22. The van der Waals surface area contributed by atoms with Gasteiger partial charge in [-0.25, -0.2) is 4.79 Å². The number of carbonyl (C=O) groups excluding carboxylic acids is 1. The third-order valence-electron chi connectivity index (χ3n) is 2.18. The summed E-state index contributed by atoms with van der Waals surface area (Å²) in [6.07, 6.45) is -0.474. The molecule has 2 N–H and O–H groups in total. The van der Waals surface area contributed by atoms with Crippen LogP contribution in [0, 0.1) is 0 Å². The Morgan fingerprint density at radius 1 is 1.47 bits per heavy atom. The van der Waals surface area contributed by atoms with Gasteiger partial charge in [0.05, 0.1) is 13.2 Å². The van der Waals surface area contributed by atoms with E-state index in [2.05, 4.69) is 0 Å². The molecule has 2 rings (SSSR count). The van der Waals surface area contributed by atoms with Crippen molar-refractivity contribution in [1.29, 1.82) is 0 Å². The zero-order valence-corrected chi connectivity index (χ0v) is 7.92. The van der Waals surface area contributed by atoms with E-state index >= 15 is 0 Å². The Labute approximate surface area is 85.6 Å². The second-order valence-electron chi connectivity index (χ2n) is 3.25. The lowest BCUT2D eigenvalue weighted by molar-refractivity contribution is 0.0815. The van der Waals surface area contributed by atoms with Crippen molar-refractivity contribution < 1.29 is 24.5 Å². The maximum atomic E-state index is 11.5. The molecule has 0 unspecified atom stereocenters. The lowest BCUT2D eigenvalue weighted by Gasteiger charge is -2.11. The largest absolute Gasteiger partial charge is 0.494 e. The van der Waals surface area contributed by atoms with Gasteiger partial charge in [-0.3, -0.25) is 0 Å². The van der Waals surface area contributed by atoms with E-state index in [1.807, 2.05) is 0 Å². The fraction of sp³-hybridized carbons (Fsp3) is 0.444. The molecule has 1 fully saturated rings. The number of hydrogen-bond acceptors (Lipinski definition) is 5. The highest BCUT2D eigenvalue weighted by atomic mass is 16.6. The van der Waals surface area contributed by atoms with Gasteiger partial charge in [0, 0.05) is 18.6 Å². The van der Waals surface area contributed by atoms with Gasteiger partial charge in [0.15, 0.2) is 0 Å². The molecule has 0 amide bonds. The molecule has 0 aliphatic carbocycles. The van der Waals surface area contributed by atoms with Crippen LogP contribution in [0.3, 0.4) is 0 Å². The third kappa shape index (κ3) is 1.89. The Morgan fingerprint density at radius 3 is 2.67 bits per heavy atom. The predicted molar refractivity (Wildman–Crippen MR) is 48.9 cm³/mol. The van der Waals surface area contributed by atoms with E-state index in [0.717, 1.165) is 0 Å². The summed E-state index contributed by atoms with van der Waals surface area (Å²) in [7, 11) is 0. The molecule has 0 radical (unpaired) electrons. The van der Waals surface area contributed by atoms with E-state index in [4.69, 9.17) is 9.47 Å². The molecule has 0 saturated carbocycles. The van der Waals surface area contributed by atoms with Gasteiger partial charge in [-0.05, 0) is 0 Å². The van der Waals surface area contributed by atoms with E-state index in [1.165, 1.54) is 12.1 Å². The van der Waals surface area contributed by atoms with Gasteiger partial charge in [0.2, 0.25) is 11.8 Å². The molecule has 1 saturated heterocycles. The van der Waals surface area contributed by atoms with Crippen LogP contribution < -0.4 is 0 Å². The van der Waals surface area contributed by atoms with Gasteiger partial charge in [0.1, 0.15) is 6.10 Å². The maximum Gasteiger partial charge on any atom is 0.424 e. The molecule has 0 spiro atoms. The van der Waals surface area contributed by atoms with Crippen LogP contribution in [0.4, 0.5) is 4.79 Å². The van der Waals surface area contributed by atoms with E-state index < -0.39 is 6.09 Å². The first kappa shape index (κ1) is 9.85. The van der Waals surface area contributed by atoms with Gasteiger partial charge >= 0.3 is 6.09 Å². The molecule has 1 aromatic rings. The van der Waals surface area contributed by atoms with Crippen LogP contribution in [0.2, 0.25) is 0 Å². The number of rotatable bonds is 1. The minimum absolute atomic E-state index is 0.307. The normalized spacial score (nSPS) is 20.4. The van der Waals surface area contributed by atoms with Crippen molar-refractivity contribution in [3.8, 4) is 11.8 Å². The molecule has 1 aromatic heterocycles. The number of aromatic hydroxyl groups is 2. The maximum absolute atomic E-state index is 11.5. The summed E-state index contributed by atoms with van der Waals surface area (Å²) in [6.45, 7) is 0.913. The van der Waals surface area contributed by atoms with Crippen LogP contribution in [-0.2, 0) is 9.47 Å². The summed E-state index contributed by atoms with van der Waals surface area (Å²) in [5.74, 6) is -0.701. The summed E-state index contributed by atoms with van der Waals surface area (Å²) in [5.41, 5.74) is 0. The van der Waals surface area contributed by atoms with Crippen LogP contribution in [0.1, 0.15) is 6.42 Å². The van der Waals surface area contributed by atoms with E-state index in [-0.39, 0.29) is 17.9 Å². The summed E-state index contributed by atoms with van der Waals surface area (Å²) in [5, 5.41) is 18.5. The van der Waals surface area contributed by atoms with Crippen LogP contribution in [0.5, 0.6) is 11.8 Å². The van der Waals surface area contributed by atoms with Crippen molar-refractivity contribution in [2.45, 2.75) is 12.5 Å². The highest BCUT2D eigenvalue weighted by molar-refractivity contribution is 5.74. The molecule has 1 aliphatic rings. The monoisotopic (exact) mass is 213 g/mol. The molecule has 6 heteroatoms. The number of ether oxygens (including phenoxy) is 2. The molecular weight excluding hydrogens is 202 g/mol. The van der Waals surface area contributed by atoms with Crippen molar-refractivity contribution in [3.63, 3.8) is 0 Å². The molecule has 1 atom stereocenters. The minimum Gasteiger partial charge on any atom is -0.494 e. The van der Waals surface area contributed by atoms with Crippen molar-refractivity contribution in [2.75, 3.05) is 13.2 Å². The van der Waals surface area contributed by atoms with E-state index in [0.29, 0.717) is 24.2 Å². The quantitative estimate of drug-likeness (QED) is 0.716. The minimum atomic E-state index is -0.800. The molecule has 82 valence electrons. The number of aromatic nitrogens is 1. The number of nitrogens with zero attached hydrogens (tertiary/aromatic N) is 1.